The lowest BCUT2D eigenvalue weighted by atomic mass is 10.4. The number of ether oxygens (including phenoxy) is 1. The third-order valence-corrected chi connectivity index (χ3v) is 3.77. The molecule has 0 unspecified atom stereocenters. The van der Waals surface area contributed by atoms with Crippen LogP contribution in [-0.4, -0.2) is 45.6 Å². The normalized spacial score (nSPS) is 11.4. The second-order valence-electron chi connectivity index (χ2n) is 3.49. The molecule has 0 radical (unpaired) electrons. The van der Waals surface area contributed by atoms with E-state index >= 15 is 0 Å². The summed E-state index contributed by atoms with van der Waals surface area (Å²) in [6, 6.07) is 0. The molecule has 0 amide bonds. The Morgan fingerprint density at radius 1 is 1.31 bits per heavy atom. The molecule has 96 valence electrons. The van der Waals surface area contributed by atoms with E-state index in [1.807, 2.05) is 6.92 Å². The van der Waals surface area contributed by atoms with E-state index in [1.54, 1.807) is 6.92 Å². The molecule has 0 heterocycles. The topological polar surface area (TPSA) is 72.5 Å². The van der Waals surface area contributed by atoms with Crippen LogP contribution in [0.1, 0.15) is 26.7 Å². The van der Waals surface area contributed by atoms with E-state index < -0.39 is 9.84 Å². The maximum absolute atomic E-state index is 11.1. The zero-order chi connectivity index (χ0) is 12.4. The van der Waals surface area contributed by atoms with Crippen molar-refractivity contribution in [2.24, 2.45) is 0 Å². The zero-order valence-corrected chi connectivity index (χ0v) is 10.8. The van der Waals surface area contributed by atoms with E-state index in [1.165, 1.54) is 0 Å². The molecule has 1 N–H and O–H groups in total. The van der Waals surface area contributed by atoms with Gasteiger partial charge >= 0.3 is 5.97 Å². The van der Waals surface area contributed by atoms with Gasteiger partial charge in [-0.3, -0.25) is 4.79 Å². The molecule has 0 aromatic rings. The highest BCUT2D eigenvalue weighted by Gasteiger charge is 2.07. The van der Waals surface area contributed by atoms with E-state index in [-0.39, 0.29) is 24.0 Å². The van der Waals surface area contributed by atoms with Crippen molar-refractivity contribution in [3.63, 3.8) is 0 Å². The largest absolute Gasteiger partial charge is 0.465 e. The van der Waals surface area contributed by atoms with Gasteiger partial charge in [-0.05, 0) is 6.42 Å². The maximum atomic E-state index is 11.1. The monoisotopic (exact) mass is 251 g/mol. The molecule has 0 aliphatic carbocycles. The predicted molar refractivity (Wildman–Crippen MR) is 63.1 cm³/mol. The van der Waals surface area contributed by atoms with Gasteiger partial charge in [-0.2, -0.15) is 0 Å². The fourth-order valence-electron chi connectivity index (χ4n) is 0.944. The van der Waals surface area contributed by atoms with Crippen LogP contribution in [0.5, 0.6) is 0 Å². The third-order valence-electron chi connectivity index (χ3n) is 2.06. The van der Waals surface area contributed by atoms with Gasteiger partial charge in [-0.1, -0.05) is 20.3 Å². The molecule has 0 fully saturated rings. The molecule has 6 heteroatoms. The molecule has 0 atom stereocenters. The Kier molecular flexibility index (Phi) is 8.19. The number of hydrogen-bond donors (Lipinski definition) is 1. The Balaban J connectivity index is 3.48. The highest BCUT2D eigenvalue weighted by molar-refractivity contribution is 7.91. The van der Waals surface area contributed by atoms with Gasteiger partial charge < -0.3 is 10.1 Å². The first-order chi connectivity index (χ1) is 7.52. The first-order valence-corrected chi connectivity index (χ1v) is 7.40. The molecule has 0 aliphatic heterocycles. The van der Waals surface area contributed by atoms with E-state index in [2.05, 4.69) is 5.32 Å². The van der Waals surface area contributed by atoms with Crippen LogP contribution in [0.3, 0.4) is 0 Å². The highest BCUT2D eigenvalue weighted by Crippen LogP contribution is 1.89. The van der Waals surface area contributed by atoms with Crippen molar-refractivity contribution in [1.29, 1.82) is 0 Å². The summed E-state index contributed by atoms with van der Waals surface area (Å²) in [5.74, 6) is -0.135. The fourth-order valence-corrected chi connectivity index (χ4v) is 1.69. The van der Waals surface area contributed by atoms with Gasteiger partial charge in [-0.25, -0.2) is 8.42 Å². The highest BCUT2D eigenvalue weighted by atomic mass is 32.2. The third kappa shape index (κ3) is 8.67. The van der Waals surface area contributed by atoms with Crippen LogP contribution < -0.4 is 5.32 Å². The van der Waals surface area contributed by atoms with Crippen molar-refractivity contribution < 1.29 is 17.9 Å². The van der Waals surface area contributed by atoms with Crippen molar-refractivity contribution >= 4 is 15.8 Å². The Hall–Kier alpha value is -0.620. The summed E-state index contributed by atoms with van der Waals surface area (Å²) in [4.78, 5) is 11.1. The fraction of sp³-hybridized carbons (Fsp3) is 0.900. The van der Waals surface area contributed by atoms with Gasteiger partial charge in [0, 0.05) is 12.3 Å². The number of carbonyl (C=O) groups excluding carboxylic acids is 1. The van der Waals surface area contributed by atoms with E-state index in [4.69, 9.17) is 4.74 Å². The lowest BCUT2D eigenvalue weighted by molar-refractivity contribution is -0.142. The summed E-state index contributed by atoms with van der Waals surface area (Å²) < 4.78 is 27.1. The molecule has 16 heavy (non-hydrogen) atoms. The van der Waals surface area contributed by atoms with Gasteiger partial charge in [0.1, 0.15) is 0 Å². The second-order valence-corrected chi connectivity index (χ2v) is 5.96. The van der Waals surface area contributed by atoms with Crippen molar-refractivity contribution in [1.82, 2.24) is 5.32 Å². The maximum Gasteiger partial charge on any atom is 0.319 e. The van der Waals surface area contributed by atoms with Crippen molar-refractivity contribution in [3.8, 4) is 0 Å². The minimum Gasteiger partial charge on any atom is -0.465 e. The SMILES string of the molecule is CCCCOC(=O)CNCCS(=O)(=O)CC. The smallest absolute Gasteiger partial charge is 0.319 e. The Morgan fingerprint density at radius 3 is 2.56 bits per heavy atom. The first kappa shape index (κ1) is 15.4. The summed E-state index contributed by atoms with van der Waals surface area (Å²) in [5.41, 5.74) is 0. The van der Waals surface area contributed by atoms with Crippen LogP contribution in [0.4, 0.5) is 0 Å². The van der Waals surface area contributed by atoms with Gasteiger partial charge in [0.05, 0.1) is 18.9 Å². The number of unbranched alkanes of at least 4 members (excludes halogenated alkanes) is 1. The van der Waals surface area contributed by atoms with Crippen molar-refractivity contribution in [2.75, 3.05) is 31.2 Å². The van der Waals surface area contributed by atoms with Gasteiger partial charge in [0.15, 0.2) is 9.84 Å². The number of carbonyl (C=O) groups is 1. The standard InChI is InChI=1S/C10H21NO4S/c1-3-5-7-15-10(12)9-11-6-8-16(13,14)4-2/h11H,3-9H2,1-2H3. The van der Waals surface area contributed by atoms with Gasteiger partial charge in [0.25, 0.3) is 0 Å². The van der Waals surface area contributed by atoms with E-state index in [0.717, 1.165) is 12.8 Å². The summed E-state index contributed by atoms with van der Waals surface area (Å²) in [5, 5.41) is 2.75. The molecule has 0 bridgehead atoms. The van der Waals surface area contributed by atoms with Crippen molar-refractivity contribution in [3.05, 3.63) is 0 Å². The lowest BCUT2D eigenvalue weighted by Gasteiger charge is -2.05. The molecule has 0 aromatic heterocycles. The number of nitrogens with one attached hydrogen (secondary N) is 1. The number of hydrogen-bond acceptors (Lipinski definition) is 5. The van der Waals surface area contributed by atoms with Gasteiger partial charge in [-0.15, -0.1) is 0 Å². The van der Waals surface area contributed by atoms with Crippen LogP contribution >= 0.6 is 0 Å². The molecular weight excluding hydrogens is 230 g/mol. The summed E-state index contributed by atoms with van der Waals surface area (Å²) in [7, 11) is -2.95. The molecule has 0 saturated heterocycles. The Labute approximate surface area is 97.5 Å². The van der Waals surface area contributed by atoms with Crippen LogP contribution in [-0.2, 0) is 19.4 Å². The molecule has 5 nitrogen and oxygen atoms in total. The molecule has 0 aromatic carbocycles. The number of sulfone groups is 1. The first-order valence-electron chi connectivity index (χ1n) is 5.58. The molecular formula is C10H21NO4S. The molecule has 0 saturated carbocycles. The molecule has 0 aliphatic rings. The Morgan fingerprint density at radius 2 is 2.00 bits per heavy atom. The van der Waals surface area contributed by atoms with Crippen molar-refractivity contribution in [2.45, 2.75) is 26.7 Å². The van der Waals surface area contributed by atoms with Crippen LogP contribution in [0.2, 0.25) is 0 Å². The summed E-state index contributed by atoms with van der Waals surface area (Å²) >= 11 is 0. The minimum atomic E-state index is -2.95. The van der Waals surface area contributed by atoms with Crippen LogP contribution in [0, 0.1) is 0 Å². The van der Waals surface area contributed by atoms with Gasteiger partial charge in [0.2, 0.25) is 0 Å². The summed E-state index contributed by atoms with van der Waals surface area (Å²) in [6.07, 6.45) is 1.84. The average molecular weight is 251 g/mol. The zero-order valence-electron chi connectivity index (χ0n) is 9.99. The summed E-state index contributed by atoms with van der Waals surface area (Å²) in [6.45, 7) is 4.42. The predicted octanol–water partition coefficient (Wildman–Crippen LogP) is 0.354. The molecule has 0 spiro atoms. The lowest BCUT2D eigenvalue weighted by Crippen LogP contribution is -2.30. The average Bonchev–Trinajstić information content (AvgIpc) is 2.25. The van der Waals surface area contributed by atoms with Crippen LogP contribution in [0.15, 0.2) is 0 Å². The Bertz CT molecular complexity index is 287. The number of esters is 1. The minimum absolute atomic E-state index is 0.0612. The number of rotatable bonds is 9. The molecule has 0 rings (SSSR count). The van der Waals surface area contributed by atoms with Crippen LogP contribution in [0.25, 0.3) is 0 Å². The van der Waals surface area contributed by atoms with E-state index in [9.17, 15) is 13.2 Å². The quantitative estimate of drug-likeness (QED) is 0.473. The second kappa shape index (κ2) is 8.52. The van der Waals surface area contributed by atoms with E-state index in [0.29, 0.717) is 13.2 Å².